The monoisotopic (exact) mass is 252 g/mol. The van der Waals surface area contributed by atoms with E-state index in [1.165, 1.54) is 0 Å². The zero-order valence-corrected chi connectivity index (χ0v) is 9.78. The highest BCUT2D eigenvalue weighted by molar-refractivity contribution is 6.46. The topological polar surface area (TPSA) is 56.5 Å². The van der Waals surface area contributed by atoms with Crippen LogP contribution >= 0.6 is 11.6 Å². The number of furan rings is 1. The fourth-order valence-electron chi connectivity index (χ4n) is 1.45. The van der Waals surface area contributed by atoms with Crippen LogP contribution in [0, 0.1) is 0 Å². The number of benzene rings is 1. The summed E-state index contributed by atoms with van der Waals surface area (Å²) in [6.45, 7) is 1.74. The van der Waals surface area contributed by atoms with Gasteiger partial charge in [0.05, 0.1) is 11.6 Å². The van der Waals surface area contributed by atoms with E-state index in [0.29, 0.717) is 11.0 Å². The van der Waals surface area contributed by atoms with Crippen molar-refractivity contribution in [1.82, 2.24) is 0 Å². The Morgan fingerprint density at radius 1 is 1.35 bits per heavy atom. The maximum atomic E-state index is 11.7. The zero-order valence-electron chi connectivity index (χ0n) is 9.03. The first kappa shape index (κ1) is 11.7. The van der Waals surface area contributed by atoms with E-state index in [0.717, 1.165) is 0 Å². The van der Waals surface area contributed by atoms with Crippen LogP contribution in [0.5, 0.6) is 0 Å². The Labute approximate surface area is 102 Å². The Bertz CT molecular complexity index is 585. The van der Waals surface area contributed by atoms with Crippen molar-refractivity contribution in [3.8, 4) is 0 Å². The first-order chi connectivity index (χ1) is 8.15. The Morgan fingerprint density at radius 2 is 2.06 bits per heavy atom. The fourth-order valence-corrected chi connectivity index (χ4v) is 1.73. The van der Waals surface area contributed by atoms with E-state index in [1.54, 1.807) is 31.2 Å². The maximum absolute atomic E-state index is 11.7. The van der Waals surface area contributed by atoms with Gasteiger partial charge in [-0.05, 0) is 19.1 Å². The molecule has 4 nitrogen and oxygen atoms in total. The third-order valence-electron chi connectivity index (χ3n) is 2.20. The van der Waals surface area contributed by atoms with Crippen LogP contribution in [-0.4, -0.2) is 18.4 Å². The molecule has 2 aromatic rings. The molecule has 0 aliphatic rings. The van der Waals surface area contributed by atoms with Crippen LogP contribution in [0.1, 0.15) is 17.5 Å². The molecule has 0 unspecified atom stereocenters. The Balaban J connectivity index is 2.46. The molecule has 0 radical (unpaired) electrons. The average molecular weight is 253 g/mol. The third-order valence-corrected chi connectivity index (χ3v) is 2.58. The normalized spacial score (nSPS) is 10.5. The van der Waals surface area contributed by atoms with Crippen LogP contribution in [0.25, 0.3) is 11.0 Å². The van der Waals surface area contributed by atoms with Gasteiger partial charge in [0.25, 0.3) is 0 Å². The van der Waals surface area contributed by atoms with Crippen molar-refractivity contribution in [1.29, 1.82) is 0 Å². The Hall–Kier alpha value is -1.81. The number of fused-ring (bicyclic) bond motifs is 1. The van der Waals surface area contributed by atoms with Gasteiger partial charge in [-0.2, -0.15) is 0 Å². The molecule has 5 heteroatoms. The second-order valence-electron chi connectivity index (χ2n) is 3.29. The van der Waals surface area contributed by atoms with Gasteiger partial charge < -0.3 is 9.15 Å². The van der Waals surface area contributed by atoms with Gasteiger partial charge in [0, 0.05) is 5.39 Å². The largest absolute Gasteiger partial charge is 0.460 e. The van der Waals surface area contributed by atoms with E-state index in [9.17, 15) is 9.59 Å². The van der Waals surface area contributed by atoms with E-state index in [4.69, 9.17) is 16.0 Å². The lowest BCUT2D eigenvalue weighted by atomic mass is 10.2. The van der Waals surface area contributed by atoms with Crippen molar-refractivity contribution in [2.24, 2.45) is 0 Å². The summed E-state index contributed by atoms with van der Waals surface area (Å²) in [5.74, 6) is -2.01. The van der Waals surface area contributed by atoms with Gasteiger partial charge in [-0.15, -0.1) is 0 Å². The number of esters is 1. The summed E-state index contributed by atoms with van der Waals surface area (Å²) in [5, 5.41) is 0.737. The van der Waals surface area contributed by atoms with Crippen molar-refractivity contribution in [3.63, 3.8) is 0 Å². The van der Waals surface area contributed by atoms with Crippen LogP contribution in [0.3, 0.4) is 0 Å². The predicted molar refractivity (Wildman–Crippen MR) is 62.2 cm³/mol. The molecule has 0 aliphatic carbocycles. The summed E-state index contributed by atoms with van der Waals surface area (Å²) in [5.41, 5.74) is 0.463. The summed E-state index contributed by atoms with van der Waals surface area (Å²) in [6, 6.07) is 6.90. The molecule has 0 bridgehead atoms. The van der Waals surface area contributed by atoms with Crippen LogP contribution < -0.4 is 0 Å². The predicted octanol–water partition coefficient (Wildman–Crippen LogP) is 2.83. The first-order valence-corrected chi connectivity index (χ1v) is 5.41. The molecule has 0 saturated heterocycles. The number of Topliss-reactive ketones (excluding diaryl/α,β-unsaturated/α-hetero) is 1. The molecule has 0 atom stereocenters. The number of halogens is 1. The molecule has 88 valence electrons. The Morgan fingerprint density at radius 3 is 2.71 bits per heavy atom. The minimum atomic E-state index is -0.964. The van der Waals surface area contributed by atoms with E-state index < -0.39 is 11.8 Å². The summed E-state index contributed by atoms with van der Waals surface area (Å²) in [7, 11) is 0. The summed E-state index contributed by atoms with van der Waals surface area (Å²) >= 11 is 5.97. The van der Waals surface area contributed by atoms with Gasteiger partial charge in [-0.1, -0.05) is 23.7 Å². The van der Waals surface area contributed by atoms with Gasteiger partial charge >= 0.3 is 11.8 Å². The minimum Gasteiger partial charge on any atom is -0.460 e. The van der Waals surface area contributed by atoms with E-state index in [-0.39, 0.29) is 17.4 Å². The lowest BCUT2D eigenvalue weighted by Crippen LogP contribution is -2.17. The number of carbonyl (C=O) groups excluding carboxylic acids is 2. The maximum Gasteiger partial charge on any atom is 0.383 e. The van der Waals surface area contributed by atoms with Gasteiger partial charge in [0.15, 0.2) is 0 Å². The first-order valence-electron chi connectivity index (χ1n) is 5.03. The van der Waals surface area contributed by atoms with E-state index in [1.807, 2.05) is 0 Å². The molecular formula is C12H9ClO4. The number of rotatable bonds is 3. The van der Waals surface area contributed by atoms with Crippen LogP contribution in [0.15, 0.2) is 28.7 Å². The molecule has 2 rings (SSSR count). The Kier molecular flexibility index (Phi) is 3.15. The third kappa shape index (κ3) is 2.03. The van der Waals surface area contributed by atoms with Crippen LogP contribution in [0.4, 0.5) is 0 Å². The second-order valence-corrected chi connectivity index (χ2v) is 3.67. The highest BCUT2D eigenvalue weighted by Crippen LogP contribution is 2.30. The summed E-state index contributed by atoms with van der Waals surface area (Å²) in [6.07, 6.45) is 0. The van der Waals surface area contributed by atoms with Crippen molar-refractivity contribution in [2.75, 3.05) is 6.61 Å². The van der Waals surface area contributed by atoms with Gasteiger partial charge in [0.1, 0.15) is 5.58 Å². The quantitative estimate of drug-likeness (QED) is 0.479. The molecule has 0 spiro atoms. The fraction of sp³-hybridized carbons (Fsp3) is 0.167. The van der Waals surface area contributed by atoms with E-state index in [2.05, 4.69) is 4.74 Å². The second kappa shape index (κ2) is 4.59. The SMILES string of the molecule is CCOC(=O)C(=O)c1oc2ccccc2c1Cl. The average Bonchev–Trinajstić information content (AvgIpc) is 2.67. The van der Waals surface area contributed by atoms with Gasteiger partial charge in [-0.25, -0.2) is 4.79 Å². The number of hydrogen-bond donors (Lipinski definition) is 0. The van der Waals surface area contributed by atoms with Crippen molar-refractivity contribution < 1.29 is 18.7 Å². The number of ether oxygens (including phenoxy) is 1. The molecule has 17 heavy (non-hydrogen) atoms. The van der Waals surface area contributed by atoms with Crippen molar-refractivity contribution in [3.05, 3.63) is 35.0 Å². The molecule has 1 aromatic heterocycles. The summed E-state index contributed by atoms with van der Waals surface area (Å²) in [4.78, 5) is 23.0. The van der Waals surface area contributed by atoms with Crippen LogP contribution in [-0.2, 0) is 9.53 Å². The molecular weight excluding hydrogens is 244 g/mol. The minimum absolute atomic E-state index is 0.127. The number of ketones is 1. The van der Waals surface area contributed by atoms with Gasteiger partial charge in [0.2, 0.25) is 5.76 Å². The standard InChI is InChI=1S/C12H9ClO4/c1-2-16-12(15)10(14)11-9(13)7-5-3-4-6-8(7)17-11/h3-6H,2H2,1H3. The smallest absolute Gasteiger partial charge is 0.383 e. The lowest BCUT2D eigenvalue weighted by Gasteiger charge is -1.97. The summed E-state index contributed by atoms with van der Waals surface area (Å²) < 4.78 is 9.85. The zero-order chi connectivity index (χ0) is 12.4. The number of hydrogen-bond acceptors (Lipinski definition) is 4. The highest BCUT2D eigenvalue weighted by atomic mass is 35.5. The number of carbonyl (C=O) groups is 2. The molecule has 0 amide bonds. The van der Waals surface area contributed by atoms with Crippen LogP contribution in [0.2, 0.25) is 5.02 Å². The molecule has 0 aliphatic heterocycles. The van der Waals surface area contributed by atoms with E-state index >= 15 is 0 Å². The molecule has 1 aromatic carbocycles. The molecule has 0 N–H and O–H groups in total. The van der Waals surface area contributed by atoms with Crippen molar-refractivity contribution >= 4 is 34.3 Å². The molecule has 1 heterocycles. The number of para-hydroxylation sites is 1. The molecule has 0 fully saturated rings. The lowest BCUT2D eigenvalue weighted by molar-refractivity contribution is -0.137. The van der Waals surface area contributed by atoms with Gasteiger partial charge in [-0.3, -0.25) is 4.79 Å². The highest BCUT2D eigenvalue weighted by Gasteiger charge is 2.26. The molecule has 0 saturated carbocycles. The van der Waals surface area contributed by atoms with Crippen molar-refractivity contribution in [2.45, 2.75) is 6.92 Å².